The Kier molecular flexibility index (Phi) is 5.08. The highest BCUT2D eigenvalue weighted by Gasteiger charge is 2.08. The number of hydrogen-bond donors (Lipinski definition) is 3. The van der Waals surface area contributed by atoms with Crippen molar-refractivity contribution in [3.05, 3.63) is 47.3 Å². The summed E-state index contributed by atoms with van der Waals surface area (Å²) in [6.07, 6.45) is 2.81. The molecule has 0 bridgehead atoms. The summed E-state index contributed by atoms with van der Waals surface area (Å²) in [5, 5.41) is 14.5. The van der Waals surface area contributed by atoms with Crippen molar-refractivity contribution in [3.8, 4) is 5.75 Å². The number of rotatable bonds is 6. The molecule has 1 amide bonds. The summed E-state index contributed by atoms with van der Waals surface area (Å²) in [6.45, 7) is 0.316. The first-order valence-electron chi connectivity index (χ1n) is 6.72. The van der Waals surface area contributed by atoms with Crippen molar-refractivity contribution < 1.29 is 19.4 Å². The third-order valence-corrected chi connectivity index (χ3v) is 3.04. The fourth-order valence-electron chi connectivity index (χ4n) is 1.87. The van der Waals surface area contributed by atoms with E-state index in [0.29, 0.717) is 29.4 Å². The summed E-state index contributed by atoms with van der Waals surface area (Å²) in [5.74, 6) is -0.512. The van der Waals surface area contributed by atoms with Gasteiger partial charge < -0.3 is 20.5 Å². The molecule has 8 heteroatoms. The van der Waals surface area contributed by atoms with Crippen molar-refractivity contribution in [1.29, 1.82) is 0 Å². The van der Waals surface area contributed by atoms with Gasteiger partial charge in [0.1, 0.15) is 5.75 Å². The Morgan fingerprint density at radius 3 is 2.43 bits per heavy atom. The zero-order chi connectivity index (χ0) is 16.8. The molecule has 120 valence electrons. The number of ether oxygens (including phenoxy) is 1. The average molecular weight is 316 g/mol. The molecule has 1 heterocycles. The molecule has 8 nitrogen and oxygen atoms in total. The number of carboxylic acid groups (broad SMARTS) is 1. The predicted molar refractivity (Wildman–Crippen MR) is 82.7 cm³/mol. The fraction of sp³-hybridized carbons (Fsp3) is 0.200. The van der Waals surface area contributed by atoms with E-state index in [2.05, 4.69) is 20.6 Å². The lowest BCUT2D eigenvalue weighted by molar-refractivity contribution is 0.0696. The van der Waals surface area contributed by atoms with Crippen LogP contribution in [0, 0.1) is 0 Å². The predicted octanol–water partition coefficient (Wildman–Crippen LogP) is 1.16. The Labute approximate surface area is 132 Å². The molecule has 23 heavy (non-hydrogen) atoms. The van der Waals surface area contributed by atoms with Gasteiger partial charge in [0.25, 0.3) is 5.91 Å². The normalized spacial score (nSPS) is 10.0. The lowest BCUT2D eigenvalue weighted by atomic mass is 10.1. The van der Waals surface area contributed by atoms with E-state index in [0.717, 1.165) is 0 Å². The molecule has 0 saturated heterocycles. The van der Waals surface area contributed by atoms with Crippen LogP contribution in [-0.2, 0) is 6.54 Å². The van der Waals surface area contributed by atoms with Crippen LogP contribution >= 0.6 is 0 Å². The number of anilines is 1. The topological polar surface area (TPSA) is 113 Å². The highest BCUT2D eigenvalue weighted by molar-refractivity contribution is 5.93. The van der Waals surface area contributed by atoms with Crippen LogP contribution in [0.2, 0.25) is 0 Å². The Morgan fingerprint density at radius 1 is 1.17 bits per heavy atom. The first-order valence-corrected chi connectivity index (χ1v) is 6.72. The van der Waals surface area contributed by atoms with E-state index in [4.69, 9.17) is 9.84 Å². The van der Waals surface area contributed by atoms with E-state index in [1.165, 1.54) is 38.7 Å². The molecular weight excluding hydrogens is 300 g/mol. The Morgan fingerprint density at radius 2 is 1.87 bits per heavy atom. The molecule has 1 aromatic heterocycles. The van der Waals surface area contributed by atoms with Gasteiger partial charge in [0.2, 0.25) is 5.95 Å². The number of aromatic carboxylic acids is 1. The molecule has 0 unspecified atom stereocenters. The zero-order valence-corrected chi connectivity index (χ0v) is 12.7. The Hall–Kier alpha value is -3.16. The summed E-state index contributed by atoms with van der Waals surface area (Å²) in [4.78, 5) is 30.5. The minimum Gasteiger partial charge on any atom is -0.497 e. The van der Waals surface area contributed by atoms with Gasteiger partial charge >= 0.3 is 5.97 Å². The van der Waals surface area contributed by atoms with Crippen LogP contribution in [0.15, 0.2) is 30.6 Å². The maximum absolute atomic E-state index is 11.4. The lowest BCUT2D eigenvalue weighted by Crippen LogP contribution is -2.18. The van der Waals surface area contributed by atoms with E-state index in [-0.39, 0.29) is 11.5 Å². The van der Waals surface area contributed by atoms with Gasteiger partial charge in [-0.15, -0.1) is 0 Å². The standard InChI is InChI=1S/C15H16N4O4/c1-16-13(20)11-7-18-15(19-8-11)17-6-9-3-10(14(21)22)5-12(4-9)23-2/h3-5,7-8H,6H2,1-2H3,(H,16,20)(H,21,22)(H,17,18,19). The average Bonchev–Trinajstić information content (AvgIpc) is 2.59. The van der Waals surface area contributed by atoms with Crippen molar-refractivity contribution >= 4 is 17.8 Å². The Bertz CT molecular complexity index is 716. The van der Waals surface area contributed by atoms with Crippen LogP contribution in [0.5, 0.6) is 5.75 Å². The number of nitrogens with zero attached hydrogens (tertiary/aromatic N) is 2. The van der Waals surface area contributed by atoms with Crippen molar-refractivity contribution in [2.75, 3.05) is 19.5 Å². The maximum atomic E-state index is 11.4. The van der Waals surface area contributed by atoms with E-state index in [1.54, 1.807) is 6.07 Å². The van der Waals surface area contributed by atoms with Crippen molar-refractivity contribution in [2.45, 2.75) is 6.54 Å². The van der Waals surface area contributed by atoms with Crippen LogP contribution in [0.1, 0.15) is 26.3 Å². The summed E-state index contributed by atoms with van der Waals surface area (Å²) < 4.78 is 5.09. The largest absolute Gasteiger partial charge is 0.497 e. The molecule has 0 aliphatic rings. The lowest BCUT2D eigenvalue weighted by Gasteiger charge is -2.08. The fourth-order valence-corrected chi connectivity index (χ4v) is 1.87. The van der Waals surface area contributed by atoms with Gasteiger partial charge in [-0.3, -0.25) is 4.79 Å². The third kappa shape index (κ3) is 4.16. The summed E-state index contributed by atoms with van der Waals surface area (Å²) in [6, 6.07) is 4.70. The highest BCUT2D eigenvalue weighted by Crippen LogP contribution is 2.18. The zero-order valence-electron chi connectivity index (χ0n) is 12.7. The van der Waals surface area contributed by atoms with Gasteiger partial charge in [-0.1, -0.05) is 0 Å². The number of carbonyl (C=O) groups is 2. The molecule has 1 aromatic carbocycles. The molecule has 0 atom stereocenters. The number of methoxy groups -OCH3 is 1. The van der Waals surface area contributed by atoms with Gasteiger partial charge in [0.05, 0.1) is 18.2 Å². The quantitative estimate of drug-likeness (QED) is 0.732. The summed E-state index contributed by atoms with van der Waals surface area (Å²) in [5.41, 5.74) is 1.20. The number of hydrogen-bond acceptors (Lipinski definition) is 6. The second kappa shape index (κ2) is 7.21. The van der Waals surface area contributed by atoms with Crippen LogP contribution < -0.4 is 15.4 Å². The molecule has 0 aliphatic heterocycles. The van der Waals surface area contributed by atoms with Crippen molar-refractivity contribution in [2.24, 2.45) is 0 Å². The van der Waals surface area contributed by atoms with Gasteiger partial charge in [0.15, 0.2) is 0 Å². The maximum Gasteiger partial charge on any atom is 0.335 e. The van der Waals surface area contributed by atoms with E-state index < -0.39 is 5.97 Å². The summed E-state index contributed by atoms with van der Waals surface area (Å²) >= 11 is 0. The number of carbonyl (C=O) groups excluding carboxylic acids is 1. The highest BCUT2D eigenvalue weighted by atomic mass is 16.5. The molecule has 2 rings (SSSR count). The molecule has 0 spiro atoms. The van der Waals surface area contributed by atoms with Crippen molar-refractivity contribution in [3.63, 3.8) is 0 Å². The van der Waals surface area contributed by atoms with E-state index >= 15 is 0 Å². The molecule has 0 saturated carbocycles. The molecule has 0 fully saturated rings. The van der Waals surface area contributed by atoms with Gasteiger partial charge in [-0.25, -0.2) is 14.8 Å². The minimum absolute atomic E-state index is 0.136. The summed E-state index contributed by atoms with van der Waals surface area (Å²) in [7, 11) is 3.00. The number of aromatic nitrogens is 2. The number of carboxylic acids is 1. The molecular formula is C15H16N4O4. The number of amides is 1. The van der Waals surface area contributed by atoms with Gasteiger partial charge in [-0.2, -0.15) is 0 Å². The monoisotopic (exact) mass is 316 g/mol. The van der Waals surface area contributed by atoms with Crippen molar-refractivity contribution in [1.82, 2.24) is 15.3 Å². The first-order chi connectivity index (χ1) is 11.0. The minimum atomic E-state index is -1.03. The first kappa shape index (κ1) is 16.2. The van der Waals surface area contributed by atoms with Gasteiger partial charge in [0, 0.05) is 26.0 Å². The molecule has 3 N–H and O–H groups in total. The molecule has 0 aliphatic carbocycles. The number of nitrogens with one attached hydrogen (secondary N) is 2. The molecule has 2 aromatic rings. The SMILES string of the molecule is CNC(=O)c1cnc(NCc2cc(OC)cc(C(=O)O)c2)nc1. The number of benzene rings is 1. The third-order valence-electron chi connectivity index (χ3n) is 3.04. The van der Waals surface area contributed by atoms with E-state index in [1.807, 2.05) is 0 Å². The van der Waals surface area contributed by atoms with E-state index in [9.17, 15) is 9.59 Å². The second-order valence-electron chi connectivity index (χ2n) is 4.60. The smallest absolute Gasteiger partial charge is 0.335 e. The van der Waals surface area contributed by atoms with Crippen LogP contribution in [0.25, 0.3) is 0 Å². The molecule has 0 radical (unpaired) electrons. The second-order valence-corrected chi connectivity index (χ2v) is 4.60. The van der Waals surface area contributed by atoms with Crippen LogP contribution in [0.4, 0.5) is 5.95 Å². The Balaban J connectivity index is 2.09. The van der Waals surface area contributed by atoms with Crippen LogP contribution in [-0.4, -0.2) is 41.1 Å². The van der Waals surface area contributed by atoms with Gasteiger partial charge in [-0.05, 0) is 23.8 Å². The van der Waals surface area contributed by atoms with Crippen LogP contribution in [0.3, 0.4) is 0 Å².